The highest BCUT2D eigenvalue weighted by molar-refractivity contribution is 6.30. The summed E-state index contributed by atoms with van der Waals surface area (Å²) >= 11 is 6.14. The van der Waals surface area contributed by atoms with Crippen molar-refractivity contribution >= 4 is 11.6 Å². The summed E-state index contributed by atoms with van der Waals surface area (Å²) in [5.41, 5.74) is 9.00. The average Bonchev–Trinajstić information content (AvgIpc) is 2.92. The van der Waals surface area contributed by atoms with Gasteiger partial charge >= 0.3 is 0 Å². The maximum atomic E-state index is 6.14. The minimum atomic E-state index is -0.00903. The van der Waals surface area contributed by atoms with Crippen molar-refractivity contribution in [1.82, 2.24) is 10.2 Å². The average molecular weight is 308 g/mol. The molecule has 1 aromatic carbocycles. The molecule has 0 saturated carbocycles. The molecule has 0 aliphatic heterocycles. The second kappa shape index (κ2) is 6.96. The van der Waals surface area contributed by atoms with Gasteiger partial charge in [-0.3, -0.25) is 5.10 Å². The molecule has 0 fully saturated rings. The molecule has 21 heavy (non-hydrogen) atoms. The third-order valence-electron chi connectivity index (χ3n) is 3.47. The first-order valence-corrected chi connectivity index (χ1v) is 7.62. The molecule has 114 valence electrons. The van der Waals surface area contributed by atoms with Crippen molar-refractivity contribution in [1.29, 1.82) is 0 Å². The van der Waals surface area contributed by atoms with Crippen molar-refractivity contribution in [2.45, 2.75) is 32.6 Å². The molecule has 0 radical (unpaired) electrons. The van der Waals surface area contributed by atoms with E-state index < -0.39 is 0 Å². The number of aromatic nitrogens is 2. The van der Waals surface area contributed by atoms with Crippen LogP contribution in [0.2, 0.25) is 5.02 Å². The molecule has 0 amide bonds. The fraction of sp³-hybridized carbons (Fsp3) is 0.438. The van der Waals surface area contributed by atoms with Crippen LogP contribution >= 0.6 is 11.6 Å². The van der Waals surface area contributed by atoms with Gasteiger partial charge in [-0.2, -0.15) is 5.10 Å². The number of ether oxygens (including phenoxy) is 1. The maximum Gasteiger partial charge on any atom is 0.123 e. The standard InChI is InChI=1S/C16H22ClN3O/c1-4-21-16-6-5-11(17)7-12(16)13(9-18)15-8-14(10(2)3)19-20-15/h5-8,10,13H,4,9,18H2,1-3H3,(H,19,20). The highest BCUT2D eigenvalue weighted by Crippen LogP contribution is 2.33. The lowest BCUT2D eigenvalue weighted by Crippen LogP contribution is -2.15. The summed E-state index contributed by atoms with van der Waals surface area (Å²) in [4.78, 5) is 0. The Hall–Kier alpha value is -1.52. The van der Waals surface area contributed by atoms with Crippen molar-refractivity contribution in [3.8, 4) is 5.75 Å². The van der Waals surface area contributed by atoms with Crippen LogP contribution in [0.1, 0.15) is 49.6 Å². The van der Waals surface area contributed by atoms with E-state index in [-0.39, 0.29) is 5.92 Å². The Bertz CT molecular complexity index is 595. The highest BCUT2D eigenvalue weighted by Gasteiger charge is 2.20. The van der Waals surface area contributed by atoms with Crippen LogP contribution in [0.15, 0.2) is 24.3 Å². The SMILES string of the molecule is CCOc1ccc(Cl)cc1C(CN)c1cc(C(C)C)n[nH]1. The number of benzene rings is 1. The molecule has 1 unspecified atom stereocenters. The predicted molar refractivity (Wildman–Crippen MR) is 86.2 cm³/mol. The molecule has 1 atom stereocenters. The topological polar surface area (TPSA) is 63.9 Å². The molecule has 0 aliphatic carbocycles. The van der Waals surface area contributed by atoms with Gasteiger partial charge in [0.05, 0.1) is 12.3 Å². The molecule has 3 N–H and O–H groups in total. The number of aromatic amines is 1. The zero-order valence-corrected chi connectivity index (χ0v) is 13.4. The van der Waals surface area contributed by atoms with E-state index in [1.807, 2.05) is 25.1 Å². The van der Waals surface area contributed by atoms with Crippen LogP contribution in [-0.2, 0) is 0 Å². The Balaban J connectivity index is 2.42. The van der Waals surface area contributed by atoms with Crippen molar-refractivity contribution in [3.63, 3.8) is 0 Å². The summed E-state index contributed by atoms with van der Waals surface area (Å²) < 4.78 is 5.70. The van der Waals surface area contributed by atoms with Crippen LogP contribution in [0.5, 0.6) is 5.75 Å². The molecule has 4 nitrogen and oxygen atoms in total. The van der Waals surface area contributed by atoms with Crippen LogP contribution < -0.4 is 10.5 Å². The Kier molecular flexibility index (Phi) is 5.26. The van der Waals surface area contributed by atoms with Crippen molar-refractivity contribution < 1.29 is 4.74 Å². The fourth-order valence-corrected chi connectivity index (χ4v) is 2.51. The van der Waals surface area contributed by atoms with Crippen LogP contribution in [0.3, 0.4) is 0 Å². The molecule has 1 heterocycles. The minimum absolute atomic E-state index is 0.00903. The predicted octanol–water partition coefficient (Wildman–Crippen LogP) is 3.68. The lowest BCUT2D eigenvalue weighted by Gasteiger charge is -2.18. The van der Waals surface area contributed by atoms with E-state index in [0.29, 0.717) is 24.1 Å². The van der Waals surface area contributed by atoms with E-state index >= 15 is 0 Å². The van der Waals surface area contributed by atoms with Gasteiger partial charge in [0, 0.05) is 28.7 Å². The monoisotopic (exact) mass is 307 g/mol. The normalized spacial score (nSPS) is 12.7. The molecule has 5 heteroatoms. The van der Waals surface area contributed by atoms with Gasteiger partial charge in [-0.05, 0) is 37.1 Å². The van der Waals surface area contributed by atoms with Crippen LogP contribution in [0.25, 0.3) is 0 Å². The quantitative estimate of drug-likeness (QED) is 0.855. The summed E-state index contributed by atoms with van der Waals surface area (Å²) in [6, 6.07) is 7.71. The first kappa shape index (κ1) is 15.9. The smallest absolute Gasteiger partial charge is 0.123 e. The summed E-state index contributed by atoms with van der Waals surface area (Å²) in [5, 5.41) is 8.13. The number of hydrogen-bond donors (Lipinski definition) is 2. The summed E-state index contributed by atoms with van der Waals surface area (Å²) in [7, 11) is 0. The lowest BCUT2D eigenvalue weighted by molar-refractivity contribution is 0.335. The van der Waals surface area contributed by atoms with E-state index in [9.17, 15) is 0 Å². The molecule has 0 spiro atoms. The van der Waals surface area contributed by atoms with Crippen LogP contribution in [0.4, 0.5) is 0 Å². The van der Waals surface area contributed by atoms with Crippen molar-refractivity contribution in [3.05, 3.63) is 46.2 Å². The number of rotatable bonds is 6. The van der Waals surface area contributed by atoms with E-state index in [0.717, 1.165) is 22.7 Å². The number of halogens is 1. The largest absolute Gasteiger partial charge is 0.494 e. The number of hydrogen-bond acceptors (Lipinski definition) is 3. The Morgan fingerprint density at radius 3 is 2.67 bits per heavy atom. The van der Waals surface area contributed by atoms with Gasteiger partial charge in [-0.25, -0.2) is 0 Å². The third-order valence-corrected chi connectivity index (χ3v) is 3.70. The first-order chi connectivity index (χ1) is 10.1. The van der Waals surface area contributed by atoms with E-state index in [2.05, 4.69) is 30.1 Å². The zero-order valence-electron chi connectivity index (χ0n) is 12.7. The molecule has 0 bridgehead atoms. The van der Waals surface area contributed by atoms with Gasteiger partial charge in [0.25, 0.3) is 0 Å². The Morgan fingerprint density at radius 1 is 1.33 bits per heavy atom. The highest BCUT2D eigenvalue weighted by atomic mass is 35.5. The molecule has 0 saturated heterocycles. The first-order valence-electron chi connectivity index (χ1n) is 7.24. The molecule has 1 aromatic heterocycles. The molecule has 0 aliphatic rings. The minimum Gasteiger partial charge on any atom is -0.494 e. The summed E-state index contributed by atoms with van der Waals surface area (Å²) in [6.45, 7) is 7.25. The second-order valence-corrected chi connectivity index (χ2v) is 5.74. The number of nitrogens with zero attached hydrogens (tertiary/aromatic N) is 1. The van der Waals surface area contributed by atoms with Gasteiger partial charge < -0.3 is 10.5 Å². The van der Waals surface area contributed by atoms with Gasteiger partial charge in [0.15, 0.2) is 0 Å². The summed E-state index contributed by atoms with van der Waals surface area (Å²) in [6.07, 6.45) is 0. The van der Waals surface area contributed by atoms with E-state index in [1.54, 1.807) is 0 Å². The van der Waals surface area contributed by atoms with Gasteiger partial charge in [0.2, 0.25) is 0 Å². The summed E-state index contributed by atoms with van der Waals surface area (Å²) in [5.74, 6) is 1.18. The zero-order chi connectivity index (χ0) is 15.4. The Morgan fingerprint density at radius 2 is 2.10 bits per heavy atom. The fourth-order valence-electron chi connectivity index (χ4n) is 2.33. The van der Waals surface area contributed by atoms with Crippen LogP contribution in [0, 0.1) is 0 Å². The van der Waals surface area contributed by atoms with Crippen molar-refractivity contribution in [2.24, 2.45) is 5.73 Å². The van der Waals surface area contributed by atoms with Crippen molar-refractivity contribution in [2.75, 3.05) is 13.2 Å². The third kappa shape index (κ3) is 3.57. The molecular formula is C16H22ClN3O. The molecular weight excluding hydrogens is 286 g/mol. The van der Waals surface area contributed by atoms with Gasteiger partial charge in [-0.1, -0.05) is 25.4 Å². The van der Waals surface area contributed by atoms with E-state index in [1.165, 1.54) is 0 Å². The van der Waals surface area contributed by atoms with Crippen LogP contribution in [-0.4, -0.2) is 23.3 Å². The number of H-pyrrole nitrogens is 1. The number of nitrogens with one attached hydrogen (secondary N) is 1. The number of nitrogens with two attached hydrogens (primary N) is 1. The maximum absolute atomic E-state index is 6.14. The second-order valence-electron chi connectivity index (χ2n) is 5.31. The lowest BCUT2D eigenvalue weighted by atomic mass is 9.94. The van der Waals surface area contributed by atoms with E-state index in [4.69, 9.17) is 22.1 Å². The molecule has 2 aromatic rings. The van der Waals surface area contributed by atoms with Gasteiger partial charge in [0.1, 0.15) is 5.75 Å². The molecule has 2 rings (SSSR count). The van der Waals surface area contributed by atoms with Gasteiger partial charge in [-0.15, -0.1) is 0 Å². The Labute approximate surface area is 130 Å².